The first-order valence-corrected chi connectivity index (χ1v) is 11.3. The van der Waals surface area contributed by atoms with Gasteiger partial charge in [-0.25, -0.2) is 4.98 Å². The number of hydrogen-bond acceptors (Lipinski definition) is 5. The van der Waals surface area contributed by atoms with E-state index in [1.807, 2.05) is 50.2 Å². The molecule has 0 spiro atoms. The molecule has 0 atom stereocenters. The van der Waals surface area contributed by atoms with E-state index < -0.39 is 0 Å². The van der Waals surface area contributed by atoms with Gasteiger partial charge in [0, 0.05) is 39.1 Å². The molecular weight excluding hydrogens is 404 g/mol. The van der Waals surface area contributed by atoms with Gasteiger partial charge < -0.3 is 19.4 Å². The van der Waals surface area contributed by atoms with Crippen molar-refractivity contribution in [1.29, 1.82) is 0 Å². The number of carbonyl (C=O) groups is 1. The maximum absolute atomic E-state index is 12.3. The van der Waals surface area contributed by atoms with Crippen molar-refractivity contribution in [2.45, 2.75) is 26.8 Å². The van der Waals surface area contributed by atoms with Crippen molar-refractivity contribution in [2.24, 2.45) is 0 Å². The number of benzene rings is 2. The van der Waals surface area contributed by atoms with Gasteiger partial charge in [0.05, 0.1) is 24.2 Å². The lowest BCUT2D eigenvalue weighted by molar-refractivity contribution is -0.123. The van der Waals surface area contributed by atoms with Crippen LogP contribution in [-0.4, -0.2) is 66.4 Å². The molecule has 7 heteroatoms. The van der Waals surface area contributed by atoms with Crippen LogP contribution in [0.5, 0.6) is 5.75 Å². The van der Waals surface area contributed by atoms with Gasteiger partial charge in [0.15, 0.2) is 6.61 Å². The Labute approximate surface area is 189 Å². The maximum Gasteiger partial charge on any atom is 0.257 e. The largest absolute Gasteiger partial charge is 0.483 e. The summed E-state index contributed by atoms with van der Waals surface area (Å²) in [5, 5.41) is 2.97. The fraction of sp³-hybridized carbons (Fsp3) is 0.440. The maximum atomic E-state index is 12.3. The number of para-hydroxylation sites is 2. The summed E-state index contributed by atoms with van der Waals surface area (Å²) in [5.41, 5.74) is 4.27. The molecule has 0 radical (unpaired) electrons. The average Bonchev–Trinajstić information content (AvgIpc) is 3.16. The molecule has 0 aliphatic carbocycles. The van der Waals surface area contributed by atoms with E-state index in [9.17, 15) is 4.79 Å². The summed E-state index contributed by atoms with van der Waals surface area (Å²) in [7, 11) is 0. The third-order valence-corrected chi connectivity index (χ3v) is 5.85. The standard InChI is InChI=1S/C25H32N4O3/c1-19-7-8-20(2)23(17-19)32-18-25(30)26-10-9-24-27-21-5-3-4-6-22(21)29(24)12-11-28-13-15-31-16-14-28/h3-8,17H,9-16,18H2,1-2H3,(H,26,30). The van der Waals surface area contributed by atoms with E-state index in [0.717, 1.165) is 73.1 Å². The Bertz CT molecular complexity index is 1060. The van der Waals surface area contributed by atoms with E-state index in [1.54, 1.807) is 0 Å². The summed E-state index contributed by atoms with van der Waals surface area (Å²) in [6.07, 6.45) is 0.674. The molecule has 4 rings (SSSR count). The summed E-state index contributed by atoms with van der Waals surface area (Å²) in [5.74, 6) is 1.63. The number of amides is 1. The van der Waals surface area contributed by atoms with Crippen molar-refractivity contribution in [3.05, 3.63) is 59.4 Å². The molecule has 7 nitrogen and oxygen atoms in total. The zero-order valence-electron chi connectivity index (χ0n) is 19.0. The van der Waals surface area contributed by atoms with Gasteiger partial charge in [0.25, 0.3) is 5.91 Å². The number of carbonyl (C=O) groups excluding carboxylic acids is 1. The molecule has 32 heavy (non-hydrogen) atoms. The summed E-state index contributed by atoms with van der Waals surface area (Å²) >= 11 is 0. The van der Waals surface area contributed by atoms with E-state index in [2.05, 4.69) is 20.9 Å². The molecule has 1 amide bonds. The van der Waals surface area contributed by atoms with Gasteiger partial charge in [0.1, 0.15) is 11.6 Å². The Morgan fingerprint density at radius 2 is 1.94 bits per heavy atom. The first kappa shape index (κ1) is 22.3. The van der Waals surface area contributed by atoms with Gasteiger partial charge in [0.2, 0.25) is 0 Å². The van der Waals surface area contributed by atoms with Crippen LogP contribution in [0, 0.1) is 13.8 Å². The smallest absolute Gasteiger partial charge is 0.257 e. The molecule has 170 valence electrons. The molecule has 1 aliphatic rings. The lowest BCUT2D eigenvalue weighted by atomic mass is 10.1. The Morgan fingerprint density at radius 1 is 1.12 bits per heavy atom. The quantitative estimate of drug-likeness (QED) is 0.559. The Morgan fingerprint density at radius 3 is 2.78 bits per heavy atom. The van der Waals surface area contributed by atoms with Crippen molar-refractivity contribution in [1.82, 2.24) is 19.8 Å². The topological polar surface area (TPSA) is 68.6 Å². The molecule has 2 heterocycles. The highest BCUT2D eigenvalue weighted by Gasteiger charge is 2.14. The lowest BCUT2D eigenvalue weighted by Crippen LogP contribution is -2.38. The molecule has 2 aromatic carbocycles. The van der Waals surface area contributed by atoms with E-state index in [4.69, 9.17) is 14.5 Å². The highest BCUT2D eigenvalue weighted by molar-refractivity contribution is 5.78. The third kappa shape index (κ3) is 5.66. The summed E-state index contributed by atoms with van der Waals surface area (Å²) in [6.45, 7) is 9.91. The van der Waals surface area contributed by atoms with E-state index in [1.165, 1.54) is 0 Å². The number of aromatic nitrogens is 2. The second-order valence-electron chi connectivity index (χ2n) is 8.28. The van der Waals surface area contributed by atoms with Gasteiger partial charge >= 0.3 is 0 Å². The molecular formula is C25H32N4O3. The van der Waals surface area contributed by atoms with Crippen LogP contribution >= 0.6 is 0 Å². The van der Waals surface area contributed by atoms with Gasteiger partial charge in [-0.15, -0.1) is 0 Å². The van der Waals surface area contributed by atoms with Crippen LogP contribution in [0.4, 0.5) is 0 Å². The second kappa shape index (κ2) is 10.6. The predicted molar refractivity (Wildman–Crippen MR) is 125 cm³/mol. The van der Waals surface area contributed by atoms with Crippen LogP contribution in [0.15, 0.2) is 42.5 Å². The molecule has 0 unspecified atom stereocenters. The third-order valence-electron chi connectivity index (χ3n) is 5.85. The monoisotopic (exact) mass is 436 g/mol. The normalized spacial score (nSPS) is 14.6. The Hall–Kier alpha value is -2.90. The number of rotatable bonds is 9. The zero-order valence-corrected chi connectivity index (χ0v) is 19.0. The number of nitrogens with one attached hydrogen (secondary N) is 1. The minimum Gasteiger partial charge on any atom is -0.483 e. The van der Waals surface area contributed by atoms with Crippen molar-refractivity contribution in [2.75, 3.05) is 46.0 Å². The fourth-order valence-corrected chi connectivity index (χ4v) is 4.00. The second-order valence-corrected chi connectivity index (χ2v) is 8.28. The minimum absolute atomic E-state index is 0.0116. The van der Waals surface area contributed by atoms with E-state index in [-0.39, 0.29) is 12.5 Å². The molecule has 3 aromatic rings. The zero-order chi connectivity index (χ0) is 22.3. The number of imidazole rings is 1. The van der Waals surface area contributed by atoms with Gasteiger partial charge in [-0.05, 0) is 43.2 Å². The molecule has 1 fully saturated rings. The number of morpholine rings is 1. The predicted octanol–water partition coefficient (Wildman–Crippen LogP) is 2.72. The Balaban J connectivity index is 1.33. The van der Waals surface area contributed by atoms with Gasteiger partial charge in [-0.3, -0.25) is 9.69 Å². The minimum atomic E-state index is -0.123. The number of hydrogen-bond donors (Lipinski definition) is 1. The molecule has 1 saturated heterocycles. The van der Waals surface area contributed by atoms with Crippen LogP contribution in [-0.2, 0) is 22.5 Å². The van der Waals surface area contributed by atoms with Crippen LogP contribution in [0.3, 0.4) is 0 Å². The van der Waals surface area contributed by atoms with Crippen molar-refractivity contribution >= 4 is 16.9 Å². The first-order chi connectivity index (χ1) is 15.6. The van der Waals surface area contributed by atoms with E-state index in [0.29, 0.717) is 13.0 Å². The van der Waals surface area contributed by atoms with Crippen molar-refractivity contribution in [3.63, 3.8) is 0 Å². The molecule has 0 saturated carbocycles. The average molecular weight is 437 g/mol. The van der Waals surface area contributed by atoms with E-state index >= 15 is 0 Å². The van der Waals surface area contributed by atoms with Crippen LogP contribution in [0.1, 0.15) is 17.0 Å². The van der Waals surface area contributed by atoms with Crippen LogP contribution in [0.25, 0.3) is 11.0 Å². The van der Waals surface area contributed by atoms with Crippen molar-refractivity contribution in [3.8, 4) is 5.75 Å². The fourth-order valence-electron chi connectivity index (χ4n) is 4.00. The number of fused-ring (bicyclic) bond motifs is 1. The number of aryl methyl sites for hydroxylation is 2. The summed E-state index contributed by atoms with van der Waals surface area (Å²) in [6, 6.07) is 14.2. The van der Waals surface area contributed by atoms with Gasteiger partial charge in [-0.2, -0.15) is 0 Å². The lowest BCUT2D eigenvalue weighted by Gasteiger charge is -2.27. The molecule has 0 bridgehead atoms. The van der Waals surface area contributed by atoms with Crippen molar-refractivity contribution < 1.29 is 14.3 Å². The first-order valence-electron chi connectivity index (χ1n) is 11.3. The summed E-state index contributed by atoms with van der Waals surface area (Å²) < 4.78 is 13.4. The molecule has 1 aliphatic heterocycles. The molecule has 1 N–H and O–H groups in total. The number of ether oxygens (including phenoxy) is 2. The van der Waals surface area contributed by atoms with Crippen LogP contribution < -0.4 is 10.1 Å². The van der Waals surface area contributed by atoms with Crippen LogP contribution in [0.2, 0.25) is 0 Å². The Kier molecular flexibility index (Phi) is 7.39. The highest BCUT2D eigenvalue weighted by atomic mass is 16.5. The number of nitrogens with zero attached hydrogens (tertiary/aromatic N) is 3. The van der Waals surface area contributed by atoms with Gasteiger partial charge in [-0.1, -0.05) is 24.3 Å². The SMILES string of the molecule is Cc1ccc(C)c(OCC(=O)NCCc2nc3ccccc3n2CCN2CCOCC2)c1. The summed E-state index contributed by atoms with van der Waals surface area (Å²) in [4.78, 5) is 19.6. The highest BCUT2D eigenvalue weighted by Crippen LogP contribution is 2.19. The molecule has 1 aromatic heterocycles.